The Bertz CT molecular complexity index is 320. The molecule has 0 aromatic carbocycles. The van der Waals surface area contributed by atoms with Crippen molar-refractivity contribution in [2.45, 2.75) is 39.5 Å². The number of hydrogen-bond acceptors (Lipinski definition) is 2. The summed E-state index contributed by atoms with van der Waals surface area (Å²) in [6, 6.07) is 0. The maximum atomic E-state index is 12.2. The average Bonchev–Trinajstić information content (AvgIpc) is 2.44. The smallest absolute Gasteiger partial charge is 0.246 e. The Morgan fingerprint density at radius 3 is 2.42 bits per heavy atom. The minimum absolute atomic E-state index is 0.0620. The van der Waals surface area contributed by atoms with Crippen molar-refractivity contribution < 1.29 is 9.59 Å². The number of amides is 2. The van der Waals surface area contributed by atoms with Crippen molar-refractivity contribution in [2.75, 3.05) is 26.2 Å². The van der Waals surface area contributed by atoms with Crippen molar-refractivity contribution in [3.05, 3.63) is 12.7 Å². The summed E-state index contributed by atoms with van der Waals surface area (Å²) in [5, 5.41) is 0. The first-order valence-corrected chi connectivity index (χ1v) is 7.31. The highest BCUT2D eigenvalue weighted by Crippen LogP contribution is 2.21. The van der Waals surface area contributed by atoms with Gasteiger partial charge < -0.3 is 9.80 Å². The van der Waals surface area contributed by atoms with E-state index in [1.54, 1.807) is 0 Å². The van der Waals surface area contributed by atoms with Gasteiger partial charge in [0, 0.05) is 19.6 Å². The molecule has 0 aromatic heterocycles. The molecule has 0 radical (unpaired) electrons. The largest absolute Gasteiger partial charge is 0.341 e. The van der Waals surface area contributed by atoms with Crippen molar-refractivity contribution >= 4 is 11.8 Å². The summed E-state index contributed by atoms with van der Waals surface area (Å²) in [5.74, 6) is 0.662. The van der Waals surface area contributed by atoms with Crippen LogP contribution in [0.15, 0.2) is 12.7 Å². The molecule has 0 saturated carbocycles. The van der Waals surface area contributed by atoms with Gasteiger partial charge in [-0.05, 0) is 31.8 Å². The van der Waals surface area contributed by atoms with E-state index in [-0.39, 0.29) is 18.4 Å². The zero-order valence-corrected chi connectivity index (χ0v) is 12.2. The van der Waals surface area contributed by atoms with Crippen LogP contribution in [0, 0.1) is 5.92 Å². The monoisotopic (exact) mass is 266 g/mol. The van der Waals surface area contributed by atoms with Crippen LogP contribution in [0.5, 0.6) is 0 Å². The molecule has 1 aliphatic heterocycles. The van der Waals surface area contributed by atoms with Crippen molar-refractivity contribution in [1.82, 2.24) is 9.80 Å². The fourth-order valence-electron chi connectivity index (χ4n) is 2.62. The van der Waals surface area contributed by atoms with Gasteiger partial charge in [-0.3, -0.25) is 9.59 Å². The highest BCUT2D eigenvalue weighted by molar-refractivity contribution is 5.90. The Morgan fingerprint density at radius 1 is 1.32 bits per heavy atom. The highest BCUT2D eigenvalue weighted by Gasteiger charge is 2.24. The average molecular weight is 266 g/mol. The summed E-state index contributed by atoms with van der Waals surface area (Å²) in [6.07, 6.45) is 5.95. The molecule has 4 nitrogen and oxygen atoms in total. The lowest BCUT2D eigenvalue weighted by molar-refractivity contribution is -0.139. The van der Waals surface area contributed by atoms with Crippen molar-refractivity contribution in [2.24, 2.45) is 5.92 Å². The SMILES string of the molecule is C=CC(=O)N(CC)CC(=O)N1CCC(CCC)CC1. The summed E-state index contributed by atoms with van der Waals surface area (Å²) in [7, 11) is 0. The Kier molecular flexibility index (Phi) is 6.60. The summed E-state index contributed by atoms with van der Waals surface area (Å²) >= 11 is 0. The minimum atomic E-state index is -0.170. The van der Waals surface area contributed by atoms with E-state index in [0.29, 0.717) is 6.54 Å². The lowest BCUT2D eigenvalue weighted by Crippen LogP contribution is -2.45. The van der Waals surface area contributed by atoms with Gasteiger partial charge in [0.2, 0.25) is 11.8 Å². The molecule has 0 spiro atoms. The third-order valence-electron chi connectivity index (χ3n) is 3.86. The van der Waals surface area contributed by atoms with E-state index in [1.807, 2.05) is 11.8 Å². The van der Waals surface area contributed by atoms with Crippen molar-refractivity contribution in [1.29, 1.82) is 0 Å². The molecule has 2 amide bonds. The van der Waals surface area contributed by atoms with E-state index < -0.39 is 0 Å². The molecule has 1 saturated heterocycles. The molecule has 1 aliphatic rings. The van der Waals surface area contributed by atoms with E-state index >= 15 is 0 Å². The molecule has 0 aromatic rings. The fraction of sp³-hybridized carbons (Fsp3) is 0.733. The van der Waals surface area contributed by atoms with Crippen LogP contribution < -0.4 is 0 Å². The molecule has 19 heavy (non-hydrogen) atoms. The third kappa shape index (κ3) is 4.69. The Morgan fingerprint density at radius 2 is 1.95 bits per heavy atom. The maximum Gasteiger partial charge on any atom is 0.246 e. The summed E-state index contributed by atoms with van der Waals surface area (Å²) in [4.78, 5) is 27.1. The molecule has 1 fully saturated rings. The normalized spacial score (nSPS) is 16.2. The first-order chi connectivity index (χ1) is 9.12. The van der Waals surface area contributed by atoms with E-state index in [0.717, 1.165) is 31.8 Å². The Labute approximate surface area is 116 Å². The fourth-order valence-corrected chi connectivity index (χ4v) is 2.62. The molecule has 0 aliphatic carbocycles. The van der Waals surface area contributed by atoms with Crippen LogP contribution in [0.4, 0.5) is 0 Å². The highest BCUT2D eigenvalue weighted by atomic mass is 16.2. The van der Waals surface area contributed by atoms with Gasteiger partial charge >= 0.3 is 0 Å². The molecular formula is C15H26N2O2. The topological polar surface area (TPSA) is 40.6 Å². The number of rotatable bonds is 6. The third-order valence-corrected chi connectivity index (χ3v) is 3.86. The summed E-state index contributed by atoms with van der Waals surface area (Å²) in [5.41, 5.74) is 0. The number of carbonyl (C=O) groups excluding carboxylic acids is 2. The molecule has 4 heteroatoms. The lowest BCUT2D eigenvalue weighted by atomic mass is 9.92. The van der Waals surface area contributed by atoms with Gasteiger partial charge in [0.25, 0.3) is 0 Å². The number of likely N-dealkylation sites (N-methyl/N-ethyl adjacent to an activating group) is 1. The van der Waals surface area contributed by atoms with Crippen molar-refractivity contribution in [3.8, 4) is 0 Å². The maximum absolute atomic E-state index is 12.2. The minimum Gasteiger partial charge on any atom is -0.341 e. The van der Waals surface area contributed by atoms with E-state index in [9.17, 15) is 9.59 Å². The van der Waals surface area contributed by atoms with Crippen LogP contribution >= 0.6 is 0 Å². The van der Waals surface area contributed by atoms with Gasteiger partial charge in [-0.1, -0.05) is 26.3 Å². The predicted molar refractivity (Wildman–Crippen MR) is 76.7 cm³/mol. The Balaban J connectivity index is 2.42. The zero-order valence-electron chi connectivity index (χ0n) is 12.2. The molecule has 0 bridgehead atoms. The van der Waals surface area contributed by atoms with Gasteiger partial charge in [-0.15, -0.1) is 0 Å². The van der Waals surface area contributed by atoms with E-state index in [2.05, 4.69) is 13.5 Å². The van der Waals surface area contributed by atoms with Gasteiger partial charge in [0.15, 0.2) is 0 Å². The van der Waals surface area contributed by atoms with Gasteiger partial charge in [0.05, 0.1) is 6.54 Å². The predicted octanol–water partition coefficient (Wildman–Crippen LogP) is 2.06. The van der Waals surface area contributed by atoms with Crippen LogP contribution in [0.3, 0.4) is 0 Å². The first-order valence-electron chi connectivity index (χ1n) is 7.31. The second kappa shape index (κ2) is 7.97. The van der Waals surface area contributed by atoms with Gasteiger partial charge in [-0.2, -0.15) is 0 Å². The molecule has 0 atom stereocenters. The van der Waals surface area contributed by atoms with Crippen LogP contribution in [-0.2, 0) is 9.59 Å². The second-order valence-corrected chi connectivity index (χ2v) is 5.17. The lowest BCUT2D eigenvalue weighted by Gasteiger charge is -2.33. The molecule has 108 valence electrons. The van der Waals surface area contributed by atoms with E-state index in [4.69, 9.17) is 0 Å². The number of likely N-dealkylation sites (tertiary alicyclic amines) is 1. The van der Waals surface area contributed by atoms with Crippen LogP contribution in [-0.4, -0.2) is 47.8 Å². The second-order valence-electron chi connectivity index (χ2n) is 5.17. The van der Waals surface area contributed by atoms with Crippen molar-refractivity contribution in [3.63, 3.8) is 0 Å². The molecule has 1 heterocycles. The molecule has 0 unspecified atom stereocenters. The standard InChI is InChI=1S/C15H26N2O2/c1-4-7-13-8-10-17(11-9-13)15(19)12-16(6-3)14(18)5-2/h5,13H,2,4,6-12H2,1,3H3. The van der Waals surface area contributed by atoms with Crippen LogP contribution in [0.2, 0.25) is 0 Å². The quantitative estimate of drug-likeness (QED) is 0.690. The zero-order chi connectivity index (χ0) is 14.3. The molecular weight excluding hydrogens is 240 g/mol. The molecule has 1 rings (SSSR count). The van der Waals surface area contributed by atoms with Gasteiger partial charge in [-0.25, -0.2) is 0 Å². The number of piperidine rings is 1. The molecule has 0 N–H and O–H groups in total. The first kappa shape index (κ1) is 15.7. The summed E-state index contributed by atoms with van der Waals surface area (Å²) in [6.45, 7) is 9.94. The van der Waals surface area contributed by atoms with E-state index in [1.165, 1.54) is 23.8 Å². The number of carbonyl (C=O) groups is 2. The summed E-state index contributed by atoms with van der Waals surface area (Å²) < 4.78 is 0. The van der Waals surface area contributed by atoms with Crippen LogP contribution in [0.1, 0.15) is 39.5 Å². The van der Waals surface area contributed by atoms with Gasteiger partial charge in [0.1, 0.15) is 0 Å². The number of hydrogen-bond donors (Lipinski definition) is 0. The number of nitrogens with zero attached hydrogens (tertiary/aromatic N) is 2. The Hall–Kier alpha value is -1.32. The van der Waals surface area contributed by atoms with Crippen LogP contribution in [0.25, 0.3) is 0 Å².